The van der Waals surface area contributed by atoms with Crippen molar-refractivity contribution in [1.29, 1.82) is 0 Å². The lowest BCUT2D eigenvalue weighted by molar-refractivity contribution is -0.0229. The summed E-state index contributed by atoms with van der Waals surface area (Å²) in [6.07, 6.45) is 2.17. The maximum Gasteiger partial charge on any atom is 0.200 e. The van der Waals surface area contributed by atoms with Gasteiger partial charge in [-0.15, -0.1) is 0 Å². The highest BCUT2D eigenvalue weighted by Gasteiger charge is 2.39. The molecule has 0 bridgehead atoms. The van der Waals surface area contributed by atoms with Crippen LogP contribution in [0.1, 0.15) is 48.3 Å². The van der Waals surface area contributed by atoms with Gasteiger partial charge in [0.15, 0.2) is 0 Å². The van der Waals surface area contributed by atoms with Crippen molar-refractivity contribution < 1.29 is 29.3 Å². The molecule has 0 saturated heterocycles. The van der Waals surface area contributed by atoms with Crippen LogP contribution in [0, 0.1) is 0 Å². The number of methoxy groups -OCH3 is 1. The van der Waals surface area contributed by atoms with Gasteiger partial charge in [-0.1, -0.05) is 24.3 Å². The van der Waals surface area contributed by atoms with Crippen LogP contribution in [0.25, 0.3) is 11.0 Å². The number of fused-ring (bicyclic) bond motifs is 3. The molecule has 0 radical (unpaired) electrons. The molecular formula is C25H25NO7. The Kier molecular flexibility index (Phi) is 4.97. The van der Waals surface area contributed by atoms with Gasteiger partial charge in [-0.25, -0.2) is 0 Å². The Morgan fingerprint density at radius 3 is 2.55 bits per heavy atom. The number of ether oxygens (including phenoxy) is 2. The van der Waals surface area contributed by atoms with Crippen LogP contribution in [0.15, 0.2) is 51.7 Å². The monoisotopic (exact) mass is 451 g/mol. The molecule has 5 rings (SSSR count). The maximum absolute atomic E-state index is 13.9. The van der Waals surface area contributed by atoms with E-state index in [1.54, 1.807) is 56.3 Å². The fourth-order valence-corrected chi connectivity index (χ4v) is 4.62. The molecule has 1 aliphatic carbocycles. The van der Waals surface area contributed by atoms with Crippen LogP contribution in [0.2, 0.25) is 0 Å². The second kappa shape index (κ2) is 7.62. The summed E-state index contributed by atoms with van der Waals surface area (Å²) >= 11 is 0. The Hall–Kier alpha value is -3.33. The van der Waals surface area contributed by atoms with Gasteiger partial charge in [0, 0.05) is 24.0 Å². The molecule has 8 nitrogen and oxygen atoms in total. The zero-order chi connectivity index (χ0) is 23.5. The zero-order valence-electron chi connectivity index (χ0n) is 18.5. The smallest absolute Gasteiger partial charge is 0.200 e. The minimum absolute atomic E-state index is 0.170. The van der Waals surface area contributed by atoms with Gasteiger partial charge in [-0.05, 0) is 31.5 Å². The quantitative estimate of drug-likeness (QED) is 0.352. The van der Waals surface area contributed by atoms with Gasteiger partial charge in [0.25, 0.3) is 0 Å². The van der Waals surface area contributed by atoms with Crippen molar-refractivity contribution in [1.82, 2.24) is 0 Å². The predicted octanol–water partition coefficient (Wildman–Crippen LogP) is 3.41. The third-order valence-corrected chi connectivity index (χ3v) is 6.38. The van der Waals surface area contributed by atoms with E-state index in [0.29, 0.717) is 34.7 Å². The molecule has 8 heteroatoms. The SMILES string of the molecule is COc1c2c(cc3oc4c(c(=O)c13)C(c1ccc(NO)cc1)C=CC4O)OC(C(C)(C)O)C2. The Bertz CT molecular complexity index is 1320. The Morgan fingerprint density at radius 2 is 1.91 bits per heavy atom. The molecule has 0 saturated carbocycles. The third-order valence-electron chi connectivity index (χ3n) is 6.38. The Morgan fingerprint density at radius 1 is 1.18 bits per heavy atom. The molecule has 3 atom stereocenters. The second-order valence-electron chi connectivity index (χ2n) is 8.97. The summed E-state index contributed by atoms with van der Waals surface area (Å²) in [6.45, 7) is 3.34. The molecule has 3 aromatic rings. The van der Waals surface area contributed by atoms with Crippen molar-refractivity contribution >= 4 is 16.7 Å². The highest BCUT2D eigenvalue weighted by Crippen LogP contribution is 2.45. The number of aliphatic hydroxyl groups is 2. The van der Waals surface area contributed by atoms with Crippen molar-refractivity contribution in [2.45, 2.75) is 44.0 Å². The molecule has 172 valence electrons. The van der Waals surface area contributed by atoms with Gasteiger partial charge < -0.3 is 24.1 Å². The highest BCUT2D eigenvalue weighted by atomic mass is 16.5. The van der Waals surface area contributed by atoms with Crippen LogP contribution in [0.4, 0.5) is 5.69 Å². The van der Waals surface area contributed by atoms with E-state index in [2.05, 4.69) is 5.48 Å². The van der Waals surface area contributed by atoms with Gasteiger partial charge in [-0.3, -0.25) is 15.5 Å². The van der Waals surface area contributed by atoms with Crippen LogP contribution < -0.4 is 20.4 Å². The topological polar surface area (TPSA) is 121 Å². The molecule has 4 N–H and O–H groups in total. The molecule has 2 heterocycles. The first-order valence-electron chi connectivity index (χ1n) is 10.7. The molecule has 3 unspecified atom stereocenters. The summed E-state index contributed by atoms with van der Waals surface area (Å²) in [5.41, 5.74) is 3.30. The van der Waals surface area contributed by atoms with E-state index in [1.807, 2.05) is 0 Å². The lowest BCUT2D eigenvalue weighted by Crippen LogP contribution is -2.39. The molecular weight excluding hydrogens is 426 g/mol. The lowest BCUT2D eigenvalue weighted by Gasteiger charge is -2.24. The van der Waals surface area contributed by atoms with Crippen molar-refractivity contribution in [2.24, 2.45) is 0 Å². The van der Waals surface area contributed by atoms with Crippen LogP contribution in [-0.2, 0) is 6.42 Å². The molecule has 2 aliphatic rings. The summed E-state index contributed by atoms with van der Waals surface area (Å²) in [5, 5.41) is 30.4. The van der Waals surface area contributed by atoms with Gasteiger partial charge in [-0.2, -0.15) is 0 Å². The number of hydrogen-bond acceptors (Lipinski definition) is 8. The van der Waals surface area contributed by atoms with Crippen molar-refractivity contribution in [3.63, 3.8) is 0 Å². The first-order chi connectivity index (χ1) is 15.7. The van der Waals surface area contributed by atoms with Crippen LogP contribution >= 0.6 is 0 Å². The molecule has 1 aliphatic heterocycles. The molecule has 2 aromatic carbocycles. The lowest BCUT2D eigenvalue weighted by atomic mass is 9.84. The molecule has 33 heavy (non-hydrogen) atoms. The number of anilines is 1. The minimum atomic E-state index is -1.09. The molecule has 0 amide bonds. The number of aliphatic hydroxyl groups excluding tert-OH is 1. The van der Waals surface area contributed by atoms with E-state index in [9.17, 15) is 15.0 Å². The Labute approximate surface area is 189 Å². The van der Waals surface area contributed by atoms with Crippen LogP contribution in [-0.4, -0.2) is 34.2 Å². The summed E-state index contributed by atoms with van der Waals surface area (Å²) < 4.78 is 17.7. The molecule has 1 aromatic heterocycles. The highest BCUT2D eigenvalue weighted by molar-refractivity contribution is 5.88. The van der Waals surface area contributed by atoms with Crippen LogP contribution in [0.5, 0.6) is 11.5 Å². The fourth-order valence-electron chi connectivity index (χ4n) is 4.62. The number of benzene rings is 2. The number of nitrogens with one attached hydrogen (secondary N) is 1. The van der Waals surface area contributed by atoms with E-state index in [-0.39, 0.29) is 22.2 Å². The number of hydrogen-bond donors (Lipinski definition) is 4. The first kappa shape index (κ1) is 21.5. The van der Waals surface area contributed by atoms with E-state index in [0.717, 1.165) is 5.56 Å². The van der Waals surface area contributed by atoms with E-state index in [4.69, 9.17) is 19.1 Å². The number of rotatable bonds is 4. The van der Waals surface area contributed by atoms with Gasteiger partial charge in [0.05, 0.1) is 24.0 Å². The van der Waals surface area contributed by atoms with E-state index in [1.165, 1.54) is 7.11 Å². The molecule has 0 spiro atoms. The summed E-state index contributed by atoms with van der Waals surface area (Å²) in [6, 6.07) is 8.60. The molecule has 0 fully saturated rings. The second-order valence-corrected chi connectivity index (χ2v) is 8.97. The van der Waals surface area contributed by atoms with Crippen LogP contribution in [0.3, 0.4) is 0 Å². The zero-order valence-corrected chi connectivity index (χ0v) is 18.5. The standard InChI is InChI=1S/C25H25NO7/c1-25(2,29)19-10-15-17(32-19)11-18-21(23(15)31-3)22(28)20-14(8-9-16(27)24(20)33-18)12-4-6-13(26-30)7-5-12/h4-9,11,14,16,19,26-27,29-30H,10H2,1-3H3. The summed E-state index contributed by atoms with van der Waals surface area (Å²) in [4.78, 5) is 13.9. The van der Waals surface area contributed by atoms with Gasteiger partial charge >= 0.3 is 0 Å². The van der Waals surface area contributed by atoms with Crippen molar-refractivity contribution in [3.8, 4) is 11.5 Å². The summed E-state index contributed by atoms with van der Waals surface area (Å²) in [7, 11) is 1.48. The first-order valence-corrected chi connectivity index (χ1v) is 10.7. The average molecular weight is 451 g/mol. The van der Waals surface area contributed by atoms with Gasteiger partial charge in [0.2, 0.25) is 5.43 Å². The van der Waals surface area contributed by atoms with Crippen molar-refractivity contribution in [2.75, 3.05) is 12.6 Å². The van der Waals surface area contributed by atoms with E-state index >= 15 is 0 Å². The normalized spacial score (nSPS) is 21.5. The largest absolute Gasteiger partial charge is 0.495 e. The van der Waals surface area contributed by atoms with Gasteiger partial charge in [0.1, 0.15) is 40.4 Å². The minimum Gasteiger partial charge on any atom is -0.495 e. The fraction of sp³-hybridized carbons (Fsp3) is 0.320. The third kappa shape index (κ3) is 3.38. The Balaban J connectivity index is 1.73. The number of allylic oxidation sites excluding steroid dienone is 1. The van der Waals surface area contributed by atoms with Crippen molar-refractivity contribution in [3.05, 3.63) is 75.2 Å². The van der Waals surface area contributed by atoms with E-state index < -0.39 is 23.7 Å². The average Bonchev–Trinajstić information content (AvgIpc) is 3.23. The maximum atomic E-state index is 13.9. The predicted molar refractivity (Wildman–Crippen MR) is 121 cm³/mol. The summed E-state index contributed by atoms with van der Waals surface area (Å²) in [5.74, 6) is 0.561.